The molecule has 0 aromatic heterocycles. The van der Waals surface area contributed by atoms with Gasteiger partial charge < -0.3 is 14.2 Å². The van der Waals surface area contributed by atoms with Crippen LogP contribution in [-0.2, 0) is 0 Å². The van der Waals surface area contributed by atoms with Gasteiger partial charge in [-0.05, 0) is 74.0 Å². The summed E-state index contributed by atoms with van der Waals surface area (Å²) in [5.41, 5.74) is 1.44. The van der Waals surface area contributed by atoms with Gasteiger partial charge in [-0.2, -0.15) is 10.2 Å². The molecule has 8 heteroatoms. The maximum Gasteiger partial charge on any atom is 0.343 e. The van der Waals surface area contributed by atoms with Gasteiger partial charge in [0.2, 0.25) is 0 Å². The van der Waals surface area contributed by atoms with E-state index in [9.17, 15) is 4.79 Å². The van der Waals surface area contributed by atoms with E-state index in [0.29, 0.717) is 30.2 Å². The lowest BCUT2D eigenvalue weighted by molar-refractivity contribution is 0.0735. The molecule has 0 unspecified atom stereocenters. The molecule has 0 aliphatic rings. The van der Waals surface area contributed by atoms with Gasteiger partial charge in [-0.3, -0.25) is 0 Å². The van der Waals surface area contributed by atoms with Crippen molar-refractivity contribution in [3.8, 4) is 17.2 Å². The predicted octanol–water partition coefficient (Wildman–Crippen LogP) is 11.3. The molecule has 0 amide bonds. The van der Waals surface area contributed by atoms with Gasteiger partial charge in [-0.1, -0.05) is 87.9 Å². The molecule has 6 nitrogen and oxygen atoms in total. The fourth-order valence-corrected chi connectivity index (χ4v) is 4.76. The standard InChI is InChI=1S/C33H40Cl2N2O4/c1-3-5-6-7-8-9-10-11-12-13-22-40-29-18-14-25(15-19-29)33(38)41-32-30(34)23-27(24-31(32)35)37-36-26-16-20-28(21-17-26)39-4-2/h14-21,23-24H,3-13,22H2,1-2H3. The molecule has 0 N–H and O–H groups in total. The SMILES string of the molecule is CCCCCCCCCCCCOc1ccc(C(=O)Oc2c(Cl)cc(N=Nc3ccc(OCC)cc3)cc2Cl)cc1. The maximum atomic E-state index is 12.7. The number of carbonyl (C=O) groups is 1. The molecule has 0 aliphatic carbocycles. The number of azo groups is 1. The second kappa shape index (κ2) is 18.4. The molecule has 0 atom stereocenters. The van der Waals surface area contributed by atoms with Crippen LogP contribution in [0.5, 0.6) is 17.2 Å². The molecule has 0 bridgehead atoms. The lowest BCUT2D eigenvalue weighted by Crippen LogP contribution is -2.09. The highest BCUT2D eigenvalue weighted by molar-refractivity contribution is 6.37. The van der Waals surface area contributed by atoms with Crippen molar-refractivity contribution in [3.63, 3.8) is 0 Å². The first-order valence-corrected chi connectivity index (χ1v) is 15.3. The molecular formula is C33H40Cl2N2O4. The van der Waals surface area contributed by atoms with Gasteiger partial charge in [0.15, 0.2) is 5.75 Å². The number of carbonyl (C=O) groups excluding carboxylic acids is 1. The van der Waals surface area contributed by atoms with E-state index in [1.807, 2.05) is 19.1 Å². The Kier molecular flexibility index (Phi) is 14.5. The van der Waals surface area contributed by atoms with Gasteiger partial charge in [-0.25, -0.2) is 4.79 Å². The molecule has 0 saturated carbocycles. The van der Waals surface area contributed by atoms with Gasteiger partial charge in [0, 0.05) is 0 Å². The highest BCUT2D eigenvalue weighted by Crippen LogP contribution is 2.38. The van der Waals surface area contributed by atoms with E-state index in [2.05, 4.69) is 17.2 Å². The molecule has 0 aliphatic heterocycles. The van der Waals surface area contributed by atoms with Crippen LogP contribution in [0.1, 0.15) is 88.4 Å². The smallest absolute Gasteiger partial charge is 0.343 e. The summed E-state index contributed by atoms with van der Waals surface area (Å²) in [6.07, 6.45) is 12.8. The Morgan fingerprint density at radius 1 is 0.659 bits per heavy atom. The summed E-state index contributed by atoms with van der Waals surface area (Å²) in [4.78, 5) is 12.7. The van der Waals surface area contributed by atoms with E-state index in [-0.39, 0.29) is 15.8 Å². The van der Waals surface area contributed by atoms with Crippen molar-refractivity contribution >= 4 is 40.5 Å². The summed E-state index contributed by atoms with van der Waals surface area (Å²) in [7, 11) is 0. The molecular weight excluding hydrogens is 559 g/mol. The van der Waals surface area contributed by atoms with Crippen molar-refractivity contribution in [1.82, 2.24) is 0 Å². The van der Waals surface area contributed by atoms with Gasteiger partial charge in [0.1, 0.15) is 11.5 Å². The quantitative estimate of drug-likeness (QED) is 0.0631. The van der Waals surface area contributed by atoms with E-state index < -0.39 is 5.97 Å². The molecule has 0 heterocycles. The van der Waals surface area contributed by atoms with E-state index >= 15 is 0 Å². The lowest BCUT2D eigenvalue weighted by atomic mass is 10.1. The number of unbranched alkanes of at least 4 members (excludes halogenated alkanes) is 9. The van der Waals surface area contributed by atoms with E-state index in [4.69, 9.17) is 37.4 Å². The Morgan fingerprint density at radius 2 is 1.17 bits per heavy atom. The van der Waals surface area contributed by atoms with Crippen molar-refractivity contribution in [1.29, 1.82) is 0 Å². The average Bonchev–Trinajstić information content (AvgIpc) is 2.98. The number of esters is 1. The molecule has 220 valence electrons. The Hall–Kier alpha value is -3.09. The molecule has 3 rings (SSSR count). The van der Waals surface area contributed by atoms with Crippen molar-refractivity contribution in [3.05, 3.63) is 76.3 Å². The lowest BCUT2D eigenvalue weighted by Gasteiger charge is -2.10. The average molecular weight is 600 g/mol. The minimum atomic E-state index is -0.571. The van der Waals surface area contributed by atoms with Crippen LogP contribution >= 0.6 is 23.2 Å². The number of rotatable bonds is 18. The summed E-state index contributed by atoms with van der Waals surface area (Å²) in [5, 5.41) is 8.69. The third kappa shape index (κ3) is 11.7. The third-order valence-electron chi connectivity index (χ3n) is 6.46. The third-order valence-corrected chi connectivity index (χ3v) is 7.02. The number of hydrogen-bond donors (Lipinski definition) is 0. The van der Waals surface area contributed by atoms with Crippen LogP contribution < -0.4 is 14.2 Å². The number of ether oxygens (including phenoxy) is 3. The zero-order valence-corrected chi connectivity index (χ0v) is 25.6. The largest absolute Gasteiger partial charge is 0.494 e. The molecule has 0 radical (unpaired) electrons. The highest BCUT2D eigenvalue weighted by atomic mass is 35.5. The Bertz CT molecular complexity index is 1210. The van der Waals surface area contributed by atoms with Crippen LogP contribution in [0, 0.1) is 0 Å². The maximum absolute atomic E-state index is 12.7. The molecule has 3 aromatic carbocycles. The highest BCUT2D eigenvalue weighted by Gasteiger charge is 2.16. The molecule has 41 heavy (non-hydrogen) atoms. The van der Waals surface area contributed by atoms with Crippen LogP contribution in [0.15, 0.2) is 70.9 Å². The second-order valence-corrected chi connectivity index (χ2v) is 10.6. The zero-order chi connectivity index (χ0) is 29.3. The van der Waals surface area contributed by atoms with Crippen LogP contribution in [0.3, 0.4) is 0 Å². The number of hydrogen-bond acceptors (Lipinski definition) is 6. The topological polar surface area (TPSA) is 69.5 Å². The summed E-state index contributed by atoms with van der Waals surface area (Å²) in [6.45, 7) is 5.43. The number of nitrogens with zero attached hydrogens (tertiary/aromatic N) is 2. The predicted molar refractivity (Wildman–Crippen MR) is 167 cm³/mol. The molecule has 0 saturated heterocycles. The first kappa shape index (κ1) is 32.4. The Balaban J connectivity index is 1.42. The normalized spacial score (nSPS) is 11.1. The fourth-order valence-electron chi connectivity index (χ4n) is 4.21. The summed E-state index contributed by atoms with van der Waals surface area (Å²) >= 11 is 12.7. The van der Waals surface area contributed by atoms with E-state index in [0.717, 1.165) is 17.9 Å². The minimum absolute atomic E-state index is 0.0691. The van der Waals surface area contributed by atoms with Crippen molar-refractivity contribution in [2.75, 3.05) is 13.2 Å². The minimum Gasteiger partial charge on any atom is -0.494 e. The molecule has 0 spiro atoms. The van der Waals surface area contributed by atoms with Gasteiger partial charge in [0.05, 0.1) is 40.2 Å². The Labute approximate surface area is 254 Å². The molecule has 3 aromatic rings. The summed E-state index contributed by atoms with van der Waals surface area (Å²) in [6, 6.07) is 17.2. The fraction of sp³-hybridized carbons (Fsp3) is 0.424. The van der Waals surface area contributed by atoms with Crippen LogP contribution in [0.4, 0.5) is 11.4 Å². The second-order valence-electron chi connectivity index (χ2n) is 9.81. The summed E-state index contributed by atoms with van der Waals surface area (Å²) in [5.74, 6) is 0.976. The Morgan fingerprint density at radius 3 is 1.76 bits per heavy atom. The van der Waals surface area contributed by atoms with Crippen molar-refractivity contribution < 1.29 is 19.0 Å². The first-order chi connectivity index (χ1) is 20.0. The molecule has 0 fully saturated rings. The van der Waals surface area contributed by atoms with E-state index in [1.165, 1.54) is 57.8 Å². The summed E-state index contributed by atoms with van der Waals surface area (Å²) < 4.78 is 16.8. The number of halogens is 2. The van der Waals surface area contributed by atoms with Crippen LogP contribution in [0.2, 0.25) is 10.0 Å². The van der Waals surface area contributed by atoms with Crippen LogP contribution in [-0.4, -0.2) is 19.2 Å². The van der Waals surface area contributed by atoms with Crippen molar-refractivity contribution in [2.45, 2.75) is 78.1 Å². The monoisotopic (exact) mass is 598 g/mol. The van der Waals surface area contributed by atoms with Crippen molar-refractivity contribution in [2.24, 2.45) is 10.2 Å². The van der Waals surface area contributed by atoms with Gasteiger partial charge >= 0.3 is 5.97 Å². The number of benzene rings is 3. The van der Waals surface area contributed by atoms with Gasteiger partial charge in [-0.15, -0.1) is 0 Å². The first-order valence-electron chi connectivity index (χ1n) is 14.6. The zero-order valence-electron chi connectivity index (χ0n) is 24.0. The van der Waals surface area contributed by atoms with Gasteiger partial charge in [0.25, 0.3) is 0 Å². The van der Waals surface area contributed by atoms with Crippen LogP contribution in [0.25, 0.3) is 0 Å². The van der Waals surface area contributed by atoms with E-state index in [1.54, 1.807) is 48.5 Å².